The van der Waals surface area contributed by atoms with Gasteiger partial charge in [0.05, 0.1) is 5.75 Å². The standard InChI is InChI=1S/C13H21N3O2S/c1-14-13-3-2-9-16(11-13)19(17,18)10-6-12-4-7-15-8-5-12/h4-5,7-8,13-14H,2-3,6,9-11H2,1H3. The van der Waals surface area contributed by atoms with Crippen LogP contribution in [0.3, 0.4) is 0 Å². The molecule has 1 saturated heterocycles. The maximum absolute atomic E-state index is 12.3. The number of piperidine rings is 1. The molecule has 1 atom stereocenters. The molecule has 0 aromatic carbocycles. The summed E-state index contributed by atoms with van der Waals surface area (Å²) < 4.78 is 26.2. The van der Waals surface area contributed by atoms with E-state index in [1.54, 1.807) is 16.7 Å². The molecule has 2 heterocycles. The van der Waals surface area contributed by atoms with Crippen LogP contribution in [0.25, 0.3) is 0 Å². The zero-order chi connectivity index (χ0) is 13.7. The van der Waals surface area contributed by atoms with E-state index in [4.69, 9.17) is 0 Å². The number of hydrogen-bond acceptors (Lipinski definition) is 4. The van der Waals surface area contributed by atoms with Gasteiger partial charge in [-0.2, -0.15) is 0 Å². The molecule has 1 N–H and O–H groups in total. The molecule has 1 aliphatic rings. The van der Waals surface area contributed by atoms with Crippen molar-refractivity contribution < 1.29 is 8.42 Å². The van der Waals surface area contributed by atoms with Gasteiger partial charge in [0.25, 0.3) is 0 Å². The van der Waals surface area contributed by atoms with E-state index >= 15 is 0 Å². The van der Waals surface area contributed by atoms with E-state index < -0.39 is 10.0 Å². The highest BCUT2D eigenvalue weighted by molar-refractivity contribution is 7.89. The minimum absolute atomic E-state index is 0.174. The van der Waals surface area contributed by atoms with Crippen LogP contribution in [0.15, 0.2) is 24.5 Å². The second kappa shape index (κ2) is 6.45. The average Bonchev–Trinajstić information content (AvgIpc) is 2.46. The van der Waals surface area contributed by atoms with Gasteiger partial charge in [-0.1, -0.05) is 0 Å². The molecule has 2 rings (SSSR count). The van der Waals surface area contributed by atoms with Gasteiger partial charge < -0.3 is 5.32 Å². The van der Waals surface area contributed by atoms with Crippen molar-refractivity contribution in [2.75, 3.05) is 25.9 Å². The molecule has 0 radical (unpaired) electrons. The van der Waals surface area contributed by atoms with Gasteiger partial charge in [0, 0.05) is 31.5 Å². The van der Waals surface area contributed by atoms with Gasteiger partial charge >= 0.3 is 0 Å². The van der Waals surface area contributed by atoms with E-state index in [-0.39, 0.29) is 11.8 Å². The molecular weight excluding hydrogens is 262 g/mol. The molecule has 0 aliphatic carbocycles. The Labute approximate surface area is 115 Å². The lowest BCUT2D eigenvalue weighted by molar-refractivity contribution is 0.293. The monoisotopic (exact) mass is 283 g/mol. The quantitative estimate of drug-likeness (QED) is 0.861. The van der Waals surface area contributed by atoms with Crippen molar-refractivity contribution in [3.8, 4) is 0 Å². The van der Waals surface area contributed by atoms with Crippen molar-refractivity contribution in [2.24, 2.45) is 0 Å². The summed E-state index contributed by atoms with van der Waals surface area (Å²) in [5.74, 6) is 0.174. The Morgan fingerprint density at radius 1 is 1.42 bits per heavy atom. The number of hydrogen-bond donors (Lipinski definition) is 1. The molecule has 5 nitrogen and oxygen atoms in total. The van der Waals surface area contributed by atoms with Gasteiger partial charge in [0.2, 0.25) is 10.0 Å². The van der Waals surface area contributed by atoms with Crippen molar-refractivity contribution in [2.45, 2.75) is 25.3 Å². The van der Waals surface area contributed by atoms with Crippen LogP contribution in [-0.2, 0) is 16.4 Å². The largest absolute Gasteiger partial charge is 0.316 e. The van der Waals surface area contributed by atoms with Crippen LogP contribution >= 0.6 is 0 Å². The Morgan fingerprint density at radius 2 is 2.16 bits per heavy atom. The number of nitrogens with zero attached hydrogens (tertiary/aromatic N) is 2. The lowest BCUT2D eigenvalue weighted by Crippen LogP contribution is -2.47. The fraction of sp³-hybridized carbons (Fsp3) is 0.615. The number of aromatic nitrogens is 1. The van der Waals surface area contributed by atoms with E-state index in [1.165, 1.54) is 0 Å². The summed E-state index contributed by atoms with van der Waals surface area (Å²) in [5, 5.41) is 3.17. The zero-order valence-corrected chi connectivity index (χ0v) is 12.1. The smallest absolute Gasteiger partial charge is 0.214 e. The topological polar surface area (TPSA) is 62.3 Å². The van der Waals surface area contributed by atoms with Crippen LogP contribution in [0.5, 0.6) is 0 Å². The van der Waals surface area contributed by atoms with Crippen LogP contribution in [0.4, 0.5) is 0 Å². The summed E-state index contributed by atoms with van der Waals surface area (Å²) in [5.41, 5.74) is 1.01. The number of sulfonamides is 1. The lowest BCUT2D eigenvalue weighted by atomic mass is 10.1. The third-order valence-corrected chi connectivity index (χ3v) is 5.42. The SMILES string of the molecule is CNC1CCCN(S(=O)(=O)CCc2ccncc2)C1. The highest BCUT2D eigenvalue weighted by Gasteiger charge is 2.27. The zero-order valence-electron chi connectivity index (χ0n) is 11.2. The van der Waals surface area contributed by atoms with Gasteiger partial charge in [-0.25, -0.2) is 12.7 Å². The third-order valence-electron chi connectivity index (χ3n) is 3.58. The highest BCUT2D eigenvalue weighted by Crippen LogP contribution is 2.15. The summed E-state index contributed by atoms with van der Waals surface area (Å²) in [6.45, 7) is 1.24. The van der Waals surface area contributed by atoms with E-state index in [9.17, 15) is 8.42 Å². The molecule has 19 heavy (non-hydrogen) atoms. The van der Waals surface area contributed by atoms with Crippen LogP contribution < -0.4 is 5.32 Å². The van der Waals surface area contributed by atoms with Crippen molar-refractivity contribution in [3.05, 3.63) is 30.1 Å². The molecule has 1 unspecified atom stereocenters. The summed E-state index contributed by atoms with van der Waals surface area (Å²) in [6, 6.07) is 4.01. The molecule has 1 fully saturated rings. The Kier molecular flexibility index (Phi) is 4.90. The number of aryl methyl sites for hydroxylation is 1. The van der Waals surface area contributed by atoms with Crippen LogP contribution in [0.2, 0.25) is 0 Å². The Bertz CT molecular complexity index is 490. The molecule has 0 saturated carbocycles. The maximum atomic E-state index is 12.3. The summed E-state index contributed by atoms with van der Waals surface area (Å²) in [7, 11) is -1.26. The first kappa shape index (κ1) is 14.4. The van der Waals surface area contributed by atoms with Crippen LogP contribution in [0.1, 0.15) is 18.4 Å². The molecule has 6 heteroatoms. The molecule has 1 aromatic rings. The van der Waals surface area contributed by atoms with Crippen LogP contribution in [-0.4, -0.2) is 49.6 Å². The second-order valence-corrected chi connectivity index (χ2v) is 7.00. The molecular formula is C13H21N3O2S. The molecule has 0 bridgehead atoms. The van der Waals surface area contributed by atoms with E-state index in [2.05, 4.69) is 10.3 Å². The lowest BCUT2D eigenvalue weighted by Gasteiger charge is -2.31. The average molecular weight is 283 g/mol. The molecule has 0 spiro atoms. The number of likely N-dealkylation sites (N-methyl/N-ethyl adjacent to an activating group) is 1. The van der Waals surface area contributed by atoms with Crippen molar-refractivity contribution in [3.63, 3.8) is 0 Å². The number of pyridine rings is 1. The van der Waals surface area contributed by atoms with Gasteiger partial charge in [-0.3, -0.25) is 4.98 Å². The van der Waals surface area contributed by atoms with E-state index in [0.29, 0.717) is 19.5 Å². The van der Waals surface area contributed by atoms with Gasteiger partial charge in [0.1, 0.15) is 0 Å². The van der Waals surface area contributed by atoms with Crippen LogP contribution in [0, 0.1) is 0 Å². The number of rotatable bonds is 5. The molecule has 0 amide bonds. The second-order valence-electron chi connectivity index (χ2n) is 4.91. The Hall–Kier alpha value is -0.980. The van der Waals surface area contributed by atoms with Gasteiger partial charge in [-0.05, 0) is 44.0 Å². The summed E-state index contributed by atoms with van der Waals surface area (Å²) >= 11 is 0. The fourth-order valence-corrected chi connectivity index (χ4v) is 3.92. The predicted octanol–water partition coefficient (Wildman–Crippen LogP) is 0.638. The normalized spacial score (nSPS) is 21.4. The first-order valence-corrected chi connectivity index (χ1v) is 8.27. The van der Waals surface area contributed by atoms with Crippen molar-refractivity contribution >= 4 is 10.0 Å². The molecule has 106 valence electrons. The first-order chi connectivity index (χ1) is 9.12. The van der Waals surface area contributed by atoms with Gasteiger partial charge in [0.15, 0.2) is 0 Å². The van der Waals surface area contributed by atoms with Crippen molar-refractivity contribution in [1.29, 1.82) is 0 Å². The first-order valence-electron chi connectivity index (χ1n) is 6.66. The van der Waals surface area contributed by atoms with E-state index in [1.807, 2.05) is 19.2 Å². The highest BCUT2D eigenvalue weighted by atomic mass is 32.2. The molecule has 1 aliphatic heterocycles. The third kappa shape index (κ3) is 3.99. The number of nitrogens with one attached hydrogen (secondary N) is 1. The summed E-state index contributed by atoms with van der Waals surface area (Å²) in [6.07, 6.45) is 5.91. The fourth-order valence-electron chi connectivity index (χ4n) is 2.36. The van der Waals surface area contributed by atoms with Gasteiger partial charge in [-0.15, -0.1) is 0 Å². The van der Waals surface area contributed by atoms with Crippen molar-refractivity contribution in [1.82, 2.24) is 14.6 Å². The maximum Gasteiger partial charge on any atom is 0.214 e. The predicted molar refractivity (Wildman–Crippen MR) is 75.4 cm³/mol. The minimum atomic E-state index is -3.15. The molecule has 1 aromatic heterocycles. The Morgan fingerprint density at radius 3 is 2.84 bits per heavy atom. The van der Waals surface area contributed by atoms with E-state index in [0.717, 1.165) is 18.4 Å². The minimum Gasteiger partial charge on any atom is -0.316 e. The summed E-state index contributed by atoms with van der Waals surface area (Å²) in [4.78, 5) is 3.93. The Balaban J connectivity index is 1.94.